The lowest BCUT2D eigenvalue weighted by Gasteiger charge is -2.05. The fourth-order valence-electron chi connectivity index (χ4n) is 1.97. The molecule has 0 atom stereocenters. The zero-order chi connectivity index (χ0) is 14.8. The fraction of sp³-hybridized carbons (Fsp3) is 0.0667. The second kappa shape index (κ2) is 5.57. The van der Waals surface area contributed by atoms with E-state index in [1.165, 1.54) is 4.68 Å². The van der Waals surface area contributed by atoms with E-state index in [1.54, 1.807) is 31.6 Å². The quantitative estimate of drug-likeness (QED) is 0.672. The maximum Gasteiger partial charge on any atom is 0.282 e. The van der Waals surface area contributed by atoms with Gasteiger partial charge in [-0.2, -0.15) is 9.78 Å². The molecule has 1 aromatic carbocycles. The molecule has 3 rings (SSSR count). The number of benzene rings is 1. The Kier molecular flexibility index (Phi) is 3.62. The molecule has 0 saturated heterocycles. The van der Waals surface area contributed by atoms with E-state index in [1.807, 2.05) is 24.3 Å². The third kappa shape index (κ3) is 2.75. The minimum absolute atomic E-state index is 0.191. The first-order valence-corrected chi connectivity index (χ1v) is 7.08. The van der Waals surface area contributed by atoms with Crippen molar-refractivity contribution in [2.75, 3.05) is 0 Å². The van der Waals surface area contributed by atoms with Crippen molar-refractivity contribution < 1.29 is 0 Å². The molecule has 5 nitrogen and oxygen atoms in total. The van der Waals surface area contributed by atoms with Crippen LogP contribution in [-0.2, 0) is 0 Å². The molecule has 0 unspecified atom stereocenters. The monoisotopic (exact) mass is 342 g/mol. The van der Waals surface area contributed by atoms with Crippen LogP contribution in [0.25, 0.3) is 10.9 Å². The minimum atomic E-state index is -0.191. The molecule has 0 aliphatic carbocycles. The Labute approximate surface area is 129 Å². The smallest absolute Gasteiger partial charge is 0.267 e. The molecule has 0 aliphatic rings. The van der Waals surface area contributed by atoms with Crippen LogP contribution in [0.3, 0.4) is 0 Å². The second-order valence-corrected chi connectivity index (χ2v) is 5.38. The molecule has 6 heteroatoms. The van der Waals surface area contributed by atoms with Gasteiger partial charge in [-0.05, 0) is 42.8 Å². The Morgan fingerprint density at radius 1 is 1.24 bits per heavy atom. The molecule has 2 aromatic heterocycles. The van der Waals surface area contributed by atoms with Crippen LogP contribution in [0.2, 0.25) is 0 Å². The molecular weight excluding hydrogens is 332 g/mol. The van der Waals surface area contributed by atoms with Gasteiger partial charge in [-0.3, -0.25) is 9.78 Å². The van der Waals surface area contributed by atoms with Gasteiger partial charge in [-0.15, -0.1) is 0 Å². The van der Waals surface area contributed by atoms with Gasteiger partial charge in [0, 0.05) is 16.9 Å². The molecule has 0 N–H and O–H groups in total. The second-order valence-electron chi connectivity index (χ2n) is 4.46. The average Bonchev–Trinajstić information content (AvgIpc) is 2.49. The number of aromatic nitrogens is 3. The molecule has 2 heterocycles. The van der Waals surface area contributed by atoms with Crippen LogP contribution >= 0.6 is 15.9 Å². The minimum Gasteiger partial charge on any atom is -0.267 e. The number of hydrogen-bond acceptors (Lipinski definition) is 4. The van der Waals surface area contributed by atoms with Gasteiger partial charge >= 0.3 is 0 Å². The van der Waals surface area contributed by atoms with Crippen molar-refractivity contribution >= 4 is 33.0 Å². The lowest BCUT2D eigenvalue weighted by molar-refractivity contribution is 0.771. The number of aryl methyl sites for hydroxylation is 1. The van der Waals surface area contributed by atoms with Crippen LogP contribution in [0.1, 0.15) is 11.4 Å². The number of nitrogens with zero attached hydrogens (tertiary/aromatic N) is 4. The van der Waals surface area contributed by atoms with Crippen LogP contribution in [0.4, 0.5) is 0 Å². The Bertz CT molecular complexity index is 887. The van der Waals surface area contributed by atoms with Crippen LogP contribution in [0, 0.1) is 6.92 Å². The molecule has 0 fully saturated rings. The van der Waals surface area contributed by atoms with Crippen molar-refractivity contribution in [3.63, 3.8) is 0 Å². The highest BCUT2D eigenvalue weighted by atomic mass is 79.9. The zero-order valence-electron chi connectivity index (χ0n) is 11.2. The van der Waals surface area contributed by atoms with Crippen LogP contribution in [-0.4, -0.2) is 20.9 Å². The molecule has 0 spiro atoms. The first-order chi connectivity index (χ1) is 10.1. The number of fused-ring (bicyclic) bond motifs is 1. The van der Waals surface area contributed by atoms with Crippen molar-refractivity contribution in [2.24, 2.45) is 5.10 Å². The van der Waals surface area contributed by atoms with Gasteiger partial charge in [0.15, 0.2) is 0 Å². The maximum atomic E-state index is 12.5. The van der Waals surface area contributed by atoms with Crippen molar-refractivity contribution in [1.82, 2.24) is 14.6 Å². The van der Waals surface area contributed by atoms with Gasteiger partial charge in [0.2, 0.25) is 0 Å². The summed E-state index contributed by atoms with van der Waals surface area (Å²) in [6, 6.07) is 9.05. The van der Waals surface area contributed by atoms with E-state index in [9.17, 15) is 4.79 Å². The van der Waals surface area contributed by atoms with Crippen LogP contribution in [0.15, 0.2) is 57.1 Å². The molecule has 3 aromatic rings. The lowest BCUT2D eigenvalue weighted by atomic mass is 10.2. The highest BCUT2D eigenvalue weighted by Crippen LogP contribution is 2.15. The summed E-state index contributed by atoms with van der Waals surface area (Å²) >= 11 is 3.36. The fourth-order valence-corrected chi connectivity index (χ4v) is 2.33. The summed E-state index contributed by atoms with van der Waals surface area (Å²) in [6.07, 6.45) is 4.96. The first-order valence-electron chi connectivity index (χ1n) is 6.28. The van der Waals surface area contributed by atoms with Crippen LogP contribution in [0.5, 0.6) is 0 Å². The standard InChI is InChI=1S/C15H11BrN4O/c1-10-19-14-3-2-12(16)8-13(14)15(21)20(10)18-9-11-4-6-17-7-5-11/h2-9H,1H3. The Balaban J connectivity index is 2.14. The van der Waals surface area contributed by atoms with Crippen molar-refractivity contribution in [2.45, 2.75) is 6.92 Å². The SMILES string of the molecule is Cc1nc2ccc(Br)cc2c(=O)n1N=Cc1ccncc1. The van der Waals surface area contributed by atoms with Gasteiger partial charge in [0.25, 0.3) is 5.56 Å². The summed E-state index contributed by atoms with van der Waals surface area (Å²) in [5.74, 6) is 0.542. The summed E-state index contributed by atoms with van der Waals surface area (Å²) in [6.45, 7) is 1.76. The van der Waals surface area contributed by atoms with Gasteiger partial charge in [-0.1, -0.05) is 15.9 Å². The molecule has 104 valence electrons. The highest BCUT2D eigenvalue weighted by Gasteiger charge is 2.07. The van der Waals surface area contributed by atoms with Crippen molar-refractivity contribution in [1.29, 1.82) is 0 Å². The zero-order valence-corrected chi connectivity index (χ0v) is 12.8. The van der Waals surface area contributed by atoms with E-state index in [0.29, 0.717) is 16.7 Å². The average molecular weight is 343 g/mol. The Hall–Kier alpha value is -2.34. The Morgan fingerprint density at radius 2 is 2.00 bits per heavy atom. The van der Waals surface area contributed by atoms with Crippen LogP contribution < -0.4 is 5.56 Å². The van der Waals surface area contributed by atoms with Gasteiger partial charge in [0.05, 0.1) is 17.1 Å². The topological polar surface area (TPSA) is 60.1 Å². The molecule has 21 heavy (non-hydrogen) atoms. The van der Waals surface area contributed by atoms with E-state index in [2.05, 4.69) is 31.0 Å². The molecule has 0 radical (unpaired) electrons. The summed E-state index contributed by atoms with van der Waals surface area (Å²) < 4.78 is 2.14. The number of rotatable bonds is 2. The van der Waals surface area contributed by atoms with E-state index >= 15 is 0 Å². The van der Waals surface area contributed by atoms with Gasteiger partial charge in [-0.25, -0.2) is 4.98 Å². The highest BCUT2D eigenvalue weighted by molar-refractivity contribution is 9.10. The van der Waals surface area contributed by atoms with Crippen molar-refractivity contribution in [3.8, 4) is 0 Å². The number of pyridine rings is 1. The number of halogens is 1. The predicted octanol–water partition coefficient (Wildman–Crippen LogP) is 2.74. The summed E-state index contributed by atoms with van der Waals surface area (Å²) in [5, 5.41) is 4.76. The van der Waals surface area contributed by atoms with E-state index < -0.39 is 0 Å². The first kappa shape index (κ1) is 13.6. The maximum absolute atomic E-state index is 12.5. The molecule has 0 saturated carbocycles. The molecule has 0 amide bonds. The summed E-state index contributed by atoms with van der Waals surface area (Å²) in [5.41, 5.74) is 1.34. The van der Waals surface area contributed by atoms with E-state index in [-0.39, 0.29) is 5.56 Å². The van der Waals surface area contributed by atoms with Gasteiger partial charge < -0.3 is 0 Å². The van der Waals surface area contributed by atoms with E-state index in [0.717, 1.165) is 10.0 Å². The molecule has 0 aliphatic heterocycles. The molecule has 0 bridgehead atoms. The normalized spacial score (nSPS) is 11.3. The predicted molar refractivity (Wildman–Crippen MR) is 85.7 cm³/mol. The third-order valence-electron chi connectivity index (χ3n) is 3.00. The third-order valence-corrected chi connectivity index (χ3v) is 3.49. The number of hydrogen-bond donors (Lipinski definition) is 0. The van der Waals surface area contributed by atoms with E-state index in [4.69, 9.17) is 0 Å². The summed E-state index contributed by atoms with van der Waals surface area (Å²) in [7, 11) is 0. The lowest BCUT2D eigenvalue weighted by Crippen LogP contribution is -2.20. The Morgan fingerprint density at radius 3 is 2.76 bits per heavy atom. The van der Waals surface area contributed by atoms with Gasteiger partial charge in [0.1, 0.15) is 5.82 Å². The largest absolute Gasteiger partial charge is 0.282 e. The summed E-state index contributed by atoms with van der Waals surface area (Å²) in [4.78, 5) is 20.8. The van der Waals surface area contributed by atoms with Crippen molar-refractivity contribution in [3.05, 3.63) is 68.9 Å². The molecular formula is C15H11BrN4O.